The Balaban J connectivity index is 1.76. The number of rotatable bonds is 24. The van der Waals surface area contributed by atoms with Crippen LogP contribution in [-0.4, -0.2) is 130 Å². The molecule has 0 spiro atoms. The Hall–Kier alpha value is -0.710. The third-order valence-electron chi connectivity index (χ3n) is 5.76. The second-order valence-electron chi connectivity index (χ2n) is 9.61. The Morgan fingerprint density at radius 3 is 1.73 bits per heavy atom. The fourth-order valence-electron chi connectivity index (χ4n) is 3.52. The number of amides is 2. The van der Waals surface area contributed by atoms with E-state index >= 15 is 0 Å². The van der Waals surface area contributed by atoms with E-state index in [9.17, 15) is 14.4 Å². The third-order valence-corrected chi connectivity index (χ3v) is 12.0. The fraction of sp³-hybridized carbons (Fsp3) is 0.889. The van der Waals surface area contributed by atoms with Crippen LogP contribution < -0.4 is 5.32 Å². The fourth-order valence-corrected chi connectivity index (χ4v) is 10.3. The third kappa shape index (κ3) is 21.1. The molecule has 0 aromatic carbocycles. The molecule has 1 aliphatic rings. The molecule has 13 heteroatoms. The van der Waals surface area contributed by atoms with Crippen LogP contribution in [0.3, 0.4) is 0 Å². The number of likely N-dealkylation sites (tertiary alicyclic amines) is 1. The predicted molar refractivity (Wildman–Crippen MR) is 166 cm³/mol. The minimum absolute atomic E-state index is 0.0375. The van der Waals surface area contributed by atoms with E-state index in [-0.39, 0.29) is 43.2 Å². The first-order valence-corrected chi connectivity index (χ1v) is 21.8. The molecule has 0 aliphatic carbocycles. The van der Waals surface area contributed by atoms with Crippen molar-refractivity contribution in [2.24, 2.45) is 5.92 Å². The SMILES string of the molecule is CC(C)C(=O)CCC(=O)NCCOCCOCCOCCOCCOCCOC(=O)N1CCC(SI(C)C)CC1. The van der Waals surface area contributed by atoms with Crippen molar-refractivity contribution in [3.8, 4) is 0 Å². The van der Waals surface area contributed by atoms with Crippen molar-refractivity contribution in [3.63, 3.8) is 0 Å². The van der Waals surface area contributed by atoms with Gasteiger partial charge in [-0.05, 0) is 0 Å². The first kappa shape index (κ1) is 37.3. The molecule has 1 aliphatic heterocycles. The number of piperidine rings is 1. The van der Waals surface area contributed by atoms with Crippen LogP contribution in [0.5, 0.6) is 0 Å². The Morgan fingerprint density at radius 2 is 1.25 bits per heavy atom. The molecule has 1 fully saturated rings. The molecule has 0 bridgehead atoms. The van der Waals surface area contributed by atoms with E-state index in [1.807, 2.05) is 13.8 Å². The summed E-state index contributed by atoms with van der Waals surface area (Å²) in [6.45, 7) is 10.3. The maximum atomic E-state index is 12.1. The second-order valence-corrected chi connectivity index (χ2v) is 20.0. The van der Waals surface area contributed by atoms with Gasteiger partial charge in [-0.1, -0.05) is 13.8 Å². The summed E-state index contributed by atoms with van der Waals surface area (Å²) >= 11 is -0.781. The van der Waals surface area contributed by atoms with Crippen molar-refractivity contribution in [1.29, 1.82) is 0 Å². The van der Waals surface area contributed by atoms with E-state index in [1.165, 1.54) is 0 Å². The van der Waals surface area contributed by atoms with Gasteiger partial charge in [-0.15, -0.1) is 0 Å². The average Bonchev–Trinajstić information content (AvgIpc) is 2.92. The average molecular weight is 707 g/mol. The van der Waals surface area contributed by atoms with E-state index in [4.69, 9.17) is 28.4 Å². The first-order valence-electron chi connectivity index (χ1n) is 14.1. The summed E-state index contributed by atoms with van der Waals surface area (Å²) in [7, 11) is 2.15. The summed E-state index contributed by atoms with van der Waals surface area (Å²) in [5, 5.41) is 3.44. The van der Waals surface area contributed by atoms with Crippen molar-refractivity contribution < 1.29 is 42.8 Å². The van der Waals surface area contributed by atoms with Gasteiger partial charge in [0.1, 0.15) is 5.78 Å². The van der Waals surface area contributed by atoms with Crippen LogP contribution in [0, 0.1) is 5.92 Å². The predicted octanol–water partition coefficient (Wildman–Crippen LogP) is 3.21. The number of carbonyl (C=O) groups excluding carboxylic acids is 3. The van der Waals surface area contributed by atoms with Gasteiger partial charge >= 0.3 is 120 Å². The second kappa shape index (κ2) is 24.8. The number of Topliss-reactive ketones (excluding diaryl/α,β-unsaturated/α-hetero) is 1. The number of ether oxygens (including phenoxy) is 6. The van der Waals surface area contributed by atoms with Crippen molar-refractivity contribution in [1.82, 2.24) is 10.2 Å². The van der Waals surface area contributed by atoms with Crippen molar-refractivity contribution in [2.75, 3.05) is 102 Å². The molecule has 1 rings (SSSR count). The van der Waals surface area contributed by atoms with Crippen molar-refractivity contribution in [3.05, 3.63) is 0 Å². The van der Waals surface area contributed by atoms with Crippen LogP contribution >= 0.6 is 27.4 Å². The van der Waals surface area contributed by atoms with Gasteiger partial charge in [-0.3, -0.25) is 9.59 Å². The molecule has 40 heavy (non-hydrogen) atoms. The Kier molecular flexibility index (Phi) is 23.2. The molecule has 1 N–H and O–H groups in total. The zero-order valence-electron chi connectivity index (χ0n) is 24.8. The molecular formula is C27H51IN2O9S. The number of nitrogens with zero attached hydrogens (tertiary/aromatic N) is 1. The van der Waals surface area contributed by atoms with Crippen LogP contribution in [0.1, 0.15) is 39.5 Å². The Morgan fingerprint density at radius 1 is 0.775 bits per heavy atom. The summed E-state index contributed by atoms with van der Waals surface area (Å²) in [6, 6.07) is 0. The van der Waals surface area contributed by atoms with Crippen LogP contribution in [0.15, 0.2) is 0 Å². The van der Waals surface area contributed by atoms with Gasteiger partial charge in [0.2, 0.25) is 5.91 Å². The van der Waals surface area contributed by atoms with E-state index in [0.717, 1.165) is 25.9 Å². The molecule has 1 saturated heterocycles. The molecule has 0 unspecified atom stereocenters. The molecule has 0 saturated carbocycles. The first-order chi connectivity index (χ1) is 19.3. The number of halogens is 1. The van der Waals surface area contributed by atoms with Gasteiger partial charge in [-0.2, -0.15) is 0 Å². The maximum absolute atomic E-state index is 12.1. The quantitative estimate of drug-likeness (QED) is 0.0911. The summed E-state index contributed by atoms with van der Waals surface area (Å²) < 4.78 is 32.5. The van der Waals surface area contributed by atoms with E-state index < -0.39 is 18.4 Å². The van der Waals surface area contributed by atoms with E-state index in [1.54, 1.807) is 4.90 Å². The van der Waals surface area contributed by atoms with Crippen LogP contribution in [0.25, 0.3) is 0 Å². The zero-order chi connectivity index (χ0) is 29.4. The van der Waals surface area contributed by atoms with Gasteiger partial charge in [0, 0.05) is 25.3 Å². The molecule has 11 nitrogen and oxygen atoms in total. The van der Waals surface area contributed by atoms with Crippen molar-refractivity contribution >= 4 is 45.2 Å². The zero-order valence-corrected chi connectivity index (χ0v) is 27.8. The molecule has 2 amide bonds. The molecule has 0 atom stereocenters. The summed E-state index contributed by atoms with van der Waals surface area (Å²) in [6.07, 6.45) is 2.37. The van der Waals surface area contributed by atoms with Crippen LogP contribution in [0.2, 0.25) is 0 Å². The summed E-state index contributed by atoms with van der Waals surface area (Å²) in [5.41, 5.74) is 0. The van der Waals surface area contributed by atoms with Gasteiger partial charge in [-0.25, -0.2) is 0 Å². The van der Waals surface area contributed by atoms with Gasteiger partial charge in [0.25, 0.3) is 0 Å². The number of alkyl halides is 2. The molecular weight excluding hydrogens is 655 g/mol. The summed E-state index contributed by atoms with van der Waals surface area (Å²) in [4.78, 5) is 41.8. The normalized spacial score (nSPS) is 14.4. The van der Waals surface area contributed by atoms with E-state index in [0.29, 0.717) is 77.9 Å². The number of carbonyl (C=O) groups is 3. The Bertz CT molecular complexity index is 680. The van der Waals surface area contributed by atoms with Crippen LogP contribution in [-0.2, 0) is 38.0 Å². The topological polar surface area (TPSA) is 122 Å². The number of ketones is 1. The number of hydrogen-bond donors (Lipinski definition) is 1. The van der Waals surface area contributed by atoms with Crippen LogP contribution in [0.4, 0.5) is 4.79 Å². The molecule has 0 radical (unpaired) electrons. The van der Waals surface area contributed by atoms with Crippen molar-refractivity contribution in [2.45, 2.75) is 44.8 Å². The van der Waals surface area contributed by atoms with Gasteiger partial charge in [0.05, 0.1) is 46.2 Å². The molecule has 0 aromatic heterocycles. The molecule has 0 aromatic rings. The van der Waals surface area contributed by atoms with E-state index in [2.05, 4.69) is 24.1 Å². The van der Waals surface area contributed by atoms with Gasteiger partial charge in [0.15, 0.2) is 0 Å². The van der Waals surface area contributed by atoms with Gasteiger partial charge < -0.3 is 24.3 Å². The Labute approximate surface area is 250 Å². The molecule has 1 heterocycles. The summed E-state index contributed by atoms with van der Waals surface area (Å²) in [5.74, 6) is -0.0747. The standard InChI is InChI=1S/C27H51IN2O9S/c1-23(2)25(31)5-6-26(32)29-9-12-34-13-14-35-15-16-36-17-18-37-19-20-38-21-22-39-27(33)30-10-7-24(8-11-30)40-28(3)4/h23-24H,5-22H2,1-4H3,(H,29,32). The number of hydrogen-bond acceptors (Lipinski definition) is 10. The number of nitrogens with one attached hydrogen (secondary N) is 1. The minimum atomic E-state index is -0.781. The monoisotopic (exact) mass is 706 g/mol. The molecule has 236 valence electrons.